The molecule has 0 radical (unpaired) electrons. The van der Waals surface area contributed by atoms with Crippen molar-refractivity contribution < 1.29 is 23.9 Å². The van der Waals surface area contributed by atoms with Gasteiger partial charge in [-0.1, -0.05) is 41.5 Å². The molecule has 1 aromatic carbocycles. The number of aliphatic imine (C=N–C) groups is 1. The number of Topliss-reactive ketones (excluding diaryl/α,β-unsaturated/α-hetero) is 1. The van der Waals surface area contributed by atoms with E-state index in [0.717, 1.165) is 11.1 Å². The van der Waals surface area contributed by atoms with E-state index in [1.165, 1.54) is 27.3 Å². The summed E-state index contributed by atoms with van der Waals surface area (Å²) in [6, 6.07) is 3.53. The Labute approximate surface area is 172 Å². The van der Waals surface area contributed by atoms with E-state index in [1.807, 2.05) is 47.6 Å². The zero-order valence-electron chi connectivity index (χ0n) is 18.8. The van der Waals surface area contributed by atoms with E-state index in [1.54, 1.807) is 6.07 Å². The Balaban J connectivity index is 3.62. The molecule has 7 heteroatoms. The van der Waals surface area contributed by atoms with Gasteiger partial charge in [0.2, 0.25) is 5.91 Å². The predicted molar refractivity (Wildman–Crippen MR) is 114 cm³/mol. The highest BCUT2D eigenvalue weighted by Crippen LogP contribution is 2.40. The molecule has 1 rings (SSSR count). The van der Waals surface area contributed by atoms with Gasteiger partial charge in [0.05, 0.1) is 7.11 Å². The van der Waals surface area contributed by atoms with Gasteiger partial charge in [0.15, 0.2) is 0 Å². The summed E-state index contributed by atoms with van der Waals surface area (Å²) in [5.41, 5.74) is 1.46. The van der Waals surface area contributed by atoms with Crippen LogP contribution >= 0.6 is 0 Å². The number of ketones is 1. The Hall–Kier alpha value is -2.70. The normalized spacial score (nSPS) is 13.1. The molecule has 0 aliphatic heterocycles. The fourth-order valence-electron chi connectivity index (χ4n) is 2.82. The number of nitrogens with one attached hydrogen (secondary N) is 1. The molecule has 0 saturated carbocycles. The third-order valence-corrected chi connectivity index (χ3v) is 4.37. The second kappa shape index (κ2) is 9.20. The van der Waals surface area contributed by atoms with Gasteiger partial charge in [0.1, 0.15) is 17.5 Å². The summed E-state index contributed by atoms with van der Waals surface area (Å²) >= 11 is 0. The van der Waals surface area contributed by atoms with Crippen molar-refractivity contribution in [1.29, 1.82) is 0 Å². The number of methoxy groups -OCH3 is 1. The van der Waals surface area contributed by atoms with Gasteiger partial charge >= 0.3 is 6.16 Å². The van der Waals surface area contributed by atoms with Crippen molar-refractivity contribution in [2.24, 2.45) is 10.9 Å². The molecule has 0 heterocycles. The summed E-state index contributed by atoms with van der Waals surface area (Å²) in [5, 5.41) is 2.81. The summed E-state index contributed by atoms with van der Waals surface area (Å²) in [7, 11) is 2.73. The van der Waals surface area contributed by atoms with E-state index in [2.05, 4.69) is 15.0 Å². The third kappa shape index (κ3) is 6.41. The third-order valence-electron chi connectivity index (χ3n) is 4.37. The van der Waals surface area contributed by atoms with Gasteiger partial charge in [-0.05, 0) is 29.4 Å². The average Bonchev–Trinajstić information content (AvgIpc) is 2.56. The minimum atomic E-state index is -1.000. The highest BCUT2D eigenvalue weighted by atomic mass is 16.7. The Bertz CT molecular complexity index is 814. The summed E-state index contributed by atoms with van der Waals surface area (Å²) in [4.78, 5) is 40.2. The Kier molecular flexibility index (Phi) is 7.72. The summed E-state index contributed by atoms with van der Waals surface area (Å²) in [6.07, 6.45) is 0.458. The number of rotatable bonds is 5. The van der Waals surface area contributed by atoms with Crippen LogP contribution < -0.4 is 10.1 Å². The molecule has 1 unspecified atom stereocenters. The van der Waals surface area contributed by atoms with Gasteiger partial charge in [-0.25, -0.2) is 4.79 Å². The largest absolute Gasteiger partial charge is 0.513 e. The standard InChI is InChI=1S/C22H32N2O5/c1-13(25)14(12-23-8)19(26)24-17-11-18(29-20(27)28-9)16(22(5,6)7)10-15(17)21(2,3)4/h10-12,14H,1-9H3,(H,24,26). The van der Waals surface area contributed by atoms with Crippen molar-refractivity contribution in [2.45, 2.75) is 59.3 Å². The maximum Gasteiger partial charge on any atom is 0.513 e. The molecule has 1 aromatic rings. The number of carbonyl (C=O) groups is 3. The van der Waals surface area contributed by atoms with E-state index in [-0.39, 0.29) is 22.4 Å². The van der Waals surface area contributed by atoms with Crippen molar-refractivity contribution in [2.75, 3.05) is 19.5 Å². The lowest BCUT2D eigenvalue weighted by molar-refractivity contribution is -0.126. The van der Waals surface area contributed by atoms with Crippen LogP contribution in [-0.4, -0.2) is 38.2 Å². The summed E-state index contributed by atoms with van der Waals surface area (Å²) < 4.78 is 9.99. The number of nitrogens with zero attached hydrogens (tertiary/aromatic N) is 1. The van der Waals surface area contributed by atoms with Gasteiger partial charge in [-0.3, -0.25) is 14.6 Å². The minimum Gasteiger partial charge on any atom is -0.437 e. The fourth-order valence-corrected chi connectivity index (χ4v) is 2.82. The second-order valence-electron chi connectivity index (χ2n) is 8.93. The van der Waals surface area contributed by atoms with Crippen LogP contribution in [0.4, 0.5) is 10.5 Å². The van der Waals surface area contributed by atoms with Crippen molar-refractivity contribution in [3.63, 3.8) is 0 Å². The van der Waals surface area contributed by atoms with E-state index in [0.29, 0.717) is 5.69 Å². The highest BCUT2D eigenvalue weighted by Gasteiger charge is 2.29. The molecule has 1 atom stereocenters. The topological polar surface area (TPSA) is 94.1 Å². The Morgan fingerprint density at radius 2 is 1.59 bits per heavy atom. The predicted octanol–water partition coefficient (Wildman–Crippen LogP) is 4.27. The lowest BCUT2D eigenvalue weighted by atomic mass is 9.79. The number of hydrogen-bond donors (Lipinski definition) is 1. The fraction of sp³-hybridized carbons (Fsp3) is 0.545. The van der Waals surface area contributed by atoms with E-state index in [9.17, 15) is 14.4 Å². The number of carbonyl (C=O) groups excluding carboxylic acids is 3. The van der Waals surface area contributed by atoms with Crippen LogP contribution in [0.5, 0.6) is 5.75 Å². The molecule has 0 spiro atoms. The first-order chi connectivity index (χ1) is 13.2. The molecule has 29 heavy (non-hydrogen) atoms. The maximum atomic E-state index is 12.7. The van der Waals surface area contributed by atoms with E-state index >= 15 is 0 Å². The first-order valence-electron chi connectivity index (χ1n) is 9.40. The zero-order valence-corrected chi connectivity index (χ0v) is 18.8. The second-order valence-corrected chi connectivity index (χ2v) is 8.93. The van der Waals surface area contributed by atoms with Crippen LogP contribution in [-0.2, 0) is 25.2 Å². The number of benzene rings is 1. The van der Waals surface area contributed by atoms with Crippen molar-refractivity contribution in [3.05, 3.63) is 23.3 Å². The van der Waals surface area contributed by atoms with Crippen LogP contribution in [0.25, 0.3) is 0 Å². The van der Waals surface area contributed by atoms with Gasteiger partial charge in [-0.15, -0.1) is 0 Å². The molecule has 0 aromatic heterocycles. The van der Waals surface area contributed by atoms with Gasteiger partial charge in [0, 0.05) is 30.6 Å². The Morgan fingerprint density at radius 1 is 1.03 bits per heavy atom. The summed E-state index contributed by atoms with van der Waals surface area (Å²) in [6.45, 7) is 13.4. The van der Waals surface area contributed by atoms with Crippen molar-refractivity contribution in [3.8, 4) is 5.75 Å². The number of hydrogen-bond acceptors (Lipinski definition) is 6. The monoisotopic (exact) mass is 404 g/mol. The highest BCUT2D eigenvalue weighted by molar-refractivity contribution is 6.17. The first kappa shape index (κ1) is 24.3. The molecule has 1 amide bonds. The average molecular weight is 405 g/mol. The van der Waals surface area contributed by atoms with Crippen molar-refractivity contribution >= 4 is 29.7 Å². The molecule has 0 aliphatic carbocycles. The van der Waals surface area contributed by atoms with Crippen molar-refractivity contribution in [1.82, 2.24) is 0 Å². The molecular weight excluding hydrogens is 372 g/mol. The zero-order chi connectivity index (χ0) is 22.6. The van der Waals surface area contributed by atoms with Crippen LogP contribution in [0.2, 0.25) is 0 Å². The quantitative estimate of drug-likeness (QED) is 0.342. The molecule has 0 saturated heterocycles. The Morgan fingerprint density at radius 3 is 2.00 bits per heavy atom. The van der Waals surface area contributed by atoms with E-state index < -0.39 is 18.0 Å². The van der Waals surface area contributed by atoms with Crippen LogP contribution in [0.15, 0.2) is 17.1 Å². The first-order valence-corrected chi connectivity index (χ1v) is 9.40. The smallest absolute Gasteiger partial charge is 0.437 e. The number of anilines is 1. The SMILES string of the molecule is CN=CC(C(C)=O)C(=O)Nc1cc(OC(=O)OC)c(C(C)(C)C)cc1C(C)(C)C. The maximum absolute atomic E-state index is 12.7. The van der Waals surface area contributed by atoms with Gasteiger partial charge in [-0.2, -0.15) is 0 Å². The van der Waals surface area contributed by atoms with Crippen LogP contribution in [0.1, 0.15) is 59.6 Å². The molecule has 0 bridgehead atoms. The molecular formula is C22H32N2O5. The van der Waals surface area contributed by atoms with Gasteiger partial charge in [0.25, 0.3) is 0 Å². The number of ether oxygens (including phenoxy) is 2. The molecule has 0 aliphatic rings. The molecule has 7 nitrogen and oxygen atoms in total. The molecule has 0 fully saturated rings. The van der Waals surface area contributed by atoms with E-state index in [4.69, 9.17) is 4.74 Å². The summed E-state index contributed by atoms with van der Waals surface area (Å²) in [5.74, 6) is -1.53. The lowest BCUT2D eigenvalue weighted by Gasteiger charge is -2.29. The molecule has 1 N–H and O–H groups in total. The lowest BCUT2D eigenvalue weighted by Crippen LogP contribution is -2.31. The molecule has 160 valence electrons. The van der Waals surface area contributed by atoms with Crippen LogP contribution in [0.3, 0.4) is 0 Å². The minimum absolute atomic E-state index is 0.288. The van der Waals surface area contributed by atoms with Gasteiger partial charge < -0.3 is 14.8 Å². The number of amides is 1. The van der Waals surface area contributed by atoms with Crippen LogP contribution in [0, 0.1) is 5.92 Å².